The summed E-state index contributed by atoms with van der Waals surface area (Å²) in [7, 11) is 2.18. The van der Waals surface area contributed by atoms with Gasteiger partial charge in [0.1, 0.15) is 5.69 Å². The van der Waals surface area contributed by atoms with Crippen molar-refractivity contribution in [1.82, 2.24) is 24.9 Å². The molecule has 2 aliphatic heterocycles. The molecule has 3 heterocycles. The number of piperazine rings is 1. The first-order chi connectivity index (χ1) is 13.0. The molecule has 1 amide bonds. The van der Waals surface area contributed by atoms with Crippen LogP contribution in [-0.4, -0.2) is 94.9 Å². The summed E-state index contributed by atoms with van der Waals surface area (Å²) in [6.07, 6.45) is 2.78. The van der Waals surface area contributed by atoms with Crippen molar-refractivity contribution in [1.29, 1.82) is 0 Å². The molecule has 2 N–H and O–H groups in total. The first kappa shape index (κ1) is 20.3. The van der Waals surface area contributed by atoms with Crippen LogP contribution >= 0.6 is 0 Å². The monoisotopic (exact) mass is 377 g/mol. The van der Waals surface area contributed by atoms with Crippen LogP contribution in [0, 0.1) is 5.92 Å². The van der Waals surface area contributed by atoms with Crippen molar-refractivity contribution < 1.29 is 9.90 Å². The molecule has 27 heavy (non-hydrogen) atoms. The van der Waals surface area contributed by atoms with Crippen LogP contribution in [0.3, 0.4) is 0 Å². The fourth-order valence-corrected chi connectivity index (χ4v) is 4.38. The van der Waals surface area contributed by atoms with Crippen LogP contribution in [0.1, 0.15) is 55.2 Å². The Morgan fingerprint density at radius 1 is 1.30 bits per heavy atom. The summed E-state index contributed by atoms with van der Waals surface area (Å²) in [6.45, 7) is 10.4. The Morgan fingerprint density at radius 3 is 2.67 bits per heavy atom. The van der Waals surface area contributed by atoms with Crippen LogP contribution in [0.25, 0.3) is 0 Å². The van der Waals surface area contributed by atoms with Gasteiger partial charge >= 0.3 is 0 Å². The Labute approximate surface area is 162 Å². The van der Waals surface area contributed by atoms with E-state index in [1.54, 1.807) is 0 Å². The van der Waals surface area contributed by atoms with E-state index in [1.165, 1.54) is 0 Å². The van der Waals surface area contributed by atoms with Crippen molar-refractivity contribution >= 4 is 5.91 Å². The van der Waals surface area contributed by atoms with E-state index in [9.17, 15) is 9.90 Å². The molecule has 0 aliphatic carbocycles. The highest BCUT2D eigenvalue weighted by Gasteiger charge is 2.36. The summed E-state index contributed by atoms with van der Waals surface area (Å²) in [5, 5.41) is 16.6. The normalized spacial score (nSPS) is 25.3. The fourth-order valence-electron chi connectivity index (χ4n) is 4.38. The van der Waals surface area contributed by atoms with Gasteiger partial charge < -0.3 is 14.9 Å². The molecule has 2 aliphatic rings. The first-order valence-electron chi connectivity index (χ1n) is 10.4. The highest BCUT2D eigenvalue weighted by atomic mass is 16.3. The third kappa shape index (κ3) is 4.89. The van der Waals surface area contributed by atoms with Crippen molar-refractivity contribution in [2.75, 3.05) is 52.9 Å². The number of piperidine rings is 1. The maximum absolute atomic E-state index is 13.0. The Hall–Kier alpha value is -1.44. The number of carbonyl (C=O) groups excluding carboxylic acids is 1. The minimum Gasteiger partial charge on any atom is -0.396 e. The van der Waals surface area contributed by atoms with Crippen LogP contribution in [0.4, 0.5) is 0 Å². The number of carbonyl (C=O) groups is 1. The quantitative estimate of drug-likeness (QED) is 0.783. The maximum atomic E-state index is 13.0. The number of likely N-dealkylation sites (tertiary alicyclic amines) is 1. The summed E-state index contributed by atoms with van der Waals surface area (Å²) in [5.74, 6) is 0.782. The molecule has 0 aromatic carbocycles. The predicted octanol–water partition coefficient (Wildman–Crippen LogP) is 1.38. The number of aliphatic hydroxyl groups excluding tert-OH is 1. The van der Waals surface area contributed by atoms with E-state index < -0.39 is 0 Å². The van der Waals surface area contributed by atoms with Crippen molar-refractivity contribution in [3.63, 3.8) is 0 Å². The summed E-state index contributed by atoms with van der Waals surface area (Å²) >= 11 is 0. The number of likely N-dealkylation sites (N-methyl/N-ethyl adjacent to an activating group) is 1. The molecule has 2 saturated heterocycles. The van der Waals surface area contributed by atoms with E-state index in [4.69, 9.17) is 0 Å². The lowest BCUT2D eigenvalue weighted by Gasteiger charge is -2.46. The molecular formula is C20H35N5O2. The van der Waals surface area contributed by atoms with Gasteiger partial charge in [-0.05, 0) is 44.2 Å². The van der Waals surface area contributed by atoms with E-state index in [2.05, 4.69) is 40.9 Å². The molecule has 2 atom stereocenters. The highest BCUT2D eigenvalue weighted by Crippen LogP contribution is 2.28. The predicted molar refractivity (Wildman–Crippen MR) is 106 cm³/mol. The Bertz CT molecular complexity index is 609. The maximum Gasteiger partial charge on any atom is 0.274 e. The molecule has 2 fully saturated rings. The van der Waals surface area contributed by atoms with Crippen molar-refractivity contribution in [2.45, 2.75) is 45.1 Å². The summed E-state index contributed by atoms with van der Waals surface area (Å²) in [5.41, 5.74) is 1.53. The SMILES string of the molecule is CC(C)c1cc(C(=O)N2CC[C@@H](N3CCN(C)CC3)[C@@H](CCCO)C2)n[nH]1. The van der Waals surface area contributed by atoms with E-state index >= 15 is 0 Å². The van der Waals surface area contributed by atoms with Crippen LogP contribution in [0.15, 0.2) is 6.07 Å². The molecule has 0 saturated carbocycles. The number of nitrogens with zero attached hydrogens (tertiary/aromatic N) is 4. The Morgan fingerprint density at radius 2 is 2.04 bits per heavy atom. The van der Waals surface area contributed by atoms with E-state index in [0.29, 0.717) is 23.6 Å². The Kier molecular flexibility index (Phi) is 6.89. The fraction of sp³-hybridized carbons (Fsp3) is 0.800. The lowest BCUT2D eigenvalue weighted by Crippen LogP contribution is -2.57. The molecular weight excluding hydrogens is 342 g/mol. The number of rotatable bonds is 6. The van der Waals surface area contributed by atoms with Gasteiger partial charge in [0.05, 0.1) is 0 Å². The molecule has 0 spiro atoms. The highest BCUT2D eigenvalue weighted by molar-refractivity contribution is 5.92. The minimum absolute atomic E-state index is 0.0315. The van der Waals surface area contributed by atoms with Gasteiger partial charge in [0.2, 0.25) is 0 Å². The summed E-state index contributed by atoms with van der Waals surface area (Å²) < 4.78 is 0. The second-order valence-electron chi connectivity index (χ2n) is 8.44. The van der Waals surface area contributed by atoms with Gasteiger partial charge in [0.15, 0.2) is 0 Å². The minimum atomic E-state index is 0.0315. The van der Waals surface area contributed by atoms with Crippen LogP contribution in [0.2, 0.25) is 0 Å². The molecule has 0 unspecified atom stereocenters. The van der Waals surface area contributed by atoms with Gasteiger partial charge in [-0.15, -0.1) is 0 Å². The van der Waals surface area contributed by atoms with Gasteiger partial charge in [0, 0.05) is 57.6 Å². The number of aliphatic hydroxyl groups is 1. The van der Waals surface area contributed by atoms with Gasteiger partial charge in [-0.3, -0.25) is 14.8 Å². The van der Waals surface area contributed by atoms with E-state index in [1.807, 2.05) is 11.0 Å². The molecule has 152 valence electrons. The van der Waals surface area contributed by atoms with Crippen molar-refractivity contribution in [2.24, 2.45) is 5.92 Å². The van der Waals surface area contributed by atoms with Gasteiger partial charge in [-0.1, -0.05) is 13.8 Å². The third-order valence-electron chi connectivity index (χ3n) is 6.16. The molecule has 0 radical (unpaired) electrons. The molecule has 7 nitrogen and oxygen atoms in total. The zero-order chi connectivity index (χ0) is 19.4. The number of hydrogen-bond donors (Lipinski definition) is 2. The molecule has 1 aromatic rings. The number of H-pyrrole nitrogens is 1. The number of hydrogen-bond acceptors (Lipinski definition) is 5. The topological polar surface area (TPSA) is 75.7 Å². The number of aromatic amines is 1. The molecule has 1 aromatic heterocycles. The number of nitrogens with one attached hydrogen (secondary N) is 1. The van der Waals surface area contributed by atoms with Crippen LogP contribution in [0.5, 0.6) is 0 Å². The first-order valence-corrected chi connectivity index (χ1v) is 10.4. The van der Waals surface area contributed by atoms with Gasteiger partial charge in [0.25, 0.3) is 5.91 Å². The Balaban J connectivity index is 1.66. The lowest BCUT2D eigenvalue weighted by atomic mass is 9.86. The smallest absolute Gasteiger partial charge is 0.274 e. The van der Waals surface area contributed by atoms with Crippen molar-refractivity contribution in [3.05, 3.63) is 17.5 Å². The van der Waals surface area contributed by atoms with Crippen molar-refractivity contribution in [3.8, 4) is 0 Å². The molecule has 3 rings (SSSR count). The van der Waals surface area contributed by atoms with Crippen LogP contribution < -0.4 is 0 Å². The lowest BCUT2D eigenvalue weighted by molar-refractivity contribution is 0.0215. The average molecular weight is 378 g/mol. The third-order valence-corrected chi connectivity index (χ3v) is 6.16. The second kappa shape index (κ2) is 9.17. The number of amides is 1. The standard InChI is InChI=1S/C20H35N5O2/c1-15(2)17-13-18(22-21-17)20(27)25-7-6-19(16(14-25)5-4-12-26)24-10-8-23(3)9-11-24/h13,15-16,19,26H,4-12,14H2,1-3H3,(H,21,22)/t16-,19+/m0/s1. The van der Waals surface area contributed by atoms with E-state index in [-0.39, 0.29) is 12.5 Å². The van der Waals surface area contributed by atoms with Crippen LogP contribution in [-0.2, 0) is 0 Å². The molecule has 0 bridgehead atoms. The largest absolute Gasteiger partial charge is 0.396 e. The summed E-state index contributed by atoms with van der Waals surface area (Å²) in [4.78, 5) is 19.9. The van der Waals surface area contributed by atoms with E-state index in [0.717, 1.165) is 64.2 Å². The second-order valence-corrected chi connectivity index (χ2v) is 8.44. The van der Waals surface area contributed by atoms with Gasteiger partial charge in [-0.25, -0.2) is 0 Å². The zero-order valence-electron chi connectivity index (χ0n) is 17.0. The number of aromatic nitrogens is 2. The molecule has 7 heteroatoms. The average Bonchev–Trinajstić information content (AvgIpc) is 3.17. The summed E-state index contributed by atoms with van der Waals surface area (Å²) in [6, 6.07) is 2.40. The zero-order valence-corrected chi connectivity index (χ0v) is 17.0. The van der Waals surface area contributed by atoms with Gasteiger partial charge in [-0.2, -0.15) is 5.10 Å².